The van der Waals surface area contributed by atoms with E-state index < -0.39 is 71.5 Å². The maximum Gasteiger partial charge on any atom is 0.270 e. The Kier molecular flexibility index (Phi) is 16.0. The minimum atomic E-state index is -3.11. The number of thiazole rings is 1. The minimum absolute atomic E-state index is 0.0752. The summed E-state index contributed by atoms with van der Waals surface area (Å²) in [5, 5.41) is 9.06. The molecule has 0 saturated carbocycles. The summed E-state index contributed by atoms with van der Waals surface area (Å²) in [6.07, 6.45) is 5.59. The van der Waals surface area contributed by atoms with E-state index in [1.54, 1.807) is 35.4 Å². The van der Waals surface area contributed by atoms with Crippen molar-refractivity contribution in [2.75, 3.05) is 13.1 Å². The van der Waals surface area contributed by atoms with Crippen LogP contribution in [0.25, 0.3) is 20.5 Å². The smallest absolute Gasteiger partial charge is 0.270 e. The Morgan fingerprint density at radius 2 is 1.75 bits per heavy atom. The van der Waals surface area contributed by atoms with Gasteiger partial charge in [0.05, 0.1) is 15.8 Å². The Labute approximate surface area is 443 Å². The Bertz CT molecular complexity index is 3180. The molecular weight excluding hydrogens is 1020 g/mol. The molecule has 1 unspecified atom stereocenters. The van der Waals surface area contributed by atoms with Gasteiger partial charge in [0, 0.05) is 85.9 Å². The molecule has 8 amide bonds. The summed E-state index contributed by atoms with van der Waals surface area (Å²) in [7, 11) is 0. The van der Waals surface area contributed by atoms with E-state index in [4.69, 9.17) is 5.73 Å². The fourth-order valence-electron chi connectivity index (χ4n) is 10.3. The van der Waals surface area contributed by atoms with E-state index in [1.165, 1.54) is 57.5 Å². The second-order valence-electron chi connectivity index (χ2n) is 19.6. The second-order valence-corrected chi connectivity index (χ2v) is 21.8. The highest BCUT2D eigenvalue weighted by Crippen LogP contribution is 2.36. The van der Waals surface area contributed by atoms with Crippen LogP contribution in [0.5, 0.6) is 0 Å². The summed E-state index contributed by atoms with van der Waals surface area (Å²) >= 11 is 2.33. The van der Waals surface area contributed by atoms with Crippen LogP contribution in [0.2, 0.25) is 0 Å². The molecule has 6 heterocycles. The highest BCUT2D eigenvalue weighted by molar-refractivity contribution is 7.20. The van der Waals surface area contributed by atoms with Gasteiger partial charge in [-0.15, -0.1) is 22.7 Å². The van der Waals surface area contributed by atoms with Gasteiger partial charge in [0.2, 0.25) is 35.4 Å². The number of aromatic nitrogens is 1. The van der Waals surface area contributed by atoms with Crippen LogP contribution < -0.4 is 21.7 Å². The van der Waals surface area contributed by atoms with Crippen molar-refractivity contribution < 1.29 is 51.5 Å². The van der Waals surface area contributed by atoms with Gasteiger partial charge >= 0.3 is 0 Å². The van der Waals surface area contributed by atoms with Gasteiger partial charge in [-0.1, -0.05) is 42.5 Å². The molecule has 5 atom stereocenters. The third kappa shape index (κ3) is 12.0. The number of fused-ring (bicyclic) bond motifs is 3. The first-order chi connectivity index (χ1) is 36.4. The number of thiophene rings is 1. The largest absolute Gasteiger partial charge is 0.370 e. The number of nitrogens with two attached hydrogens (primary N) is 1. The van der Waals surface area contributed by atoms with Gasteiger partial charge in [-0.3, -0.25) is 43.7 Å². The van der Waals surface area contributed by atoms with Crippen molar-refractivity contribution >= 4 is 80.0 Å². The van der Waals surface area contributed by atoms with Crippen LogP contribution in [0.1, 0.15) is 132 Å². The number of benzene rings is 3. The third-order valence-corrected chi connectivity index (χ3v) is 16.6. The van der Waals surface area contributed by atoms with E-state index in [0.29, 0.717) is 75.2 Å². The molecule has 5 N–H and O–H groups in total. The molecule has 0 spiro atoms. The number of carbonyl (C=O) groups is 8. The Morgan fingerprint density at radius 3 is 2.51 bits per heavy atom. The molecule has 3 fully saturated rings. The van der Waals surface area contributed by atoms with E-state index in [9.17, 15) is 51.5 Å². The van der Waals surface area contributed by atoms with Crippen molar-refractivity contribution in [3.05, 3.63) is 111 Å². The first-order valence-electron chi connectivity index (χ1n) is 25.3. The van der Waals surface area contributed by atoms with Crippen LogP contribution in [-0.4, -0.2) is 104 Å². The van der Waals surface area contributed by atoms with Gasteiger partial charge in [-0.05, 0) is 104 Å². The number of nitrogens with zero attached hydrogens (tertiary/aromatic N) is 4. The van der Waals surface area contributed by atoms with Gasteiger partial charge in [0.25, 0.3) is 17.7 Å². The van der Waals surface area contributed by atoms with Crippen molar-refractivity contribution in [1.29, 1.82) is 0 Å². The second kappa shape index (κ2) is 22.8. The topological polar surface area (TPSA) is 221 Å². The van der Waals surface area contributed by atoms with Gasteiger partial charge in [-0.25, -0.2) is 18.2 Å². The molecule has 0 aliphatic carbocycles. The number of rotatable bonds is 16. The predicted octanol–water partition coefficient (Wildman–Crippen LogP) is 6.85. The molecule has 9 rings (SSSR count). The average Bonchev–Trinajstić information content (AvgIpc) is 4.22. The molecule has 3 saturated heterocycles. The molecule has 0 radical (unpaired) electrons. The van der Waals surface area contributed by atoms with Crippen molar-refractivity contribution in [2.24, 2.45) is 5.73 Å². The lowest BCUT2D eigenvalue weighted by atomic mass is 10.0. The lowest BCUT2D eigenvalue weighted by Crippen LogP contribution is -2.61. The van der Waals surface area contributed by atoms with E-state index in [2.05, 4.69) is 32.8 Å². The van der Waals surface area contributed by atoms with Gasteiger partial charge in [0.15, 0.2) is 0 Å². The van der Waals surface area contributed by atoms with Crippen LogP contribution in [0.3, 0.4) is 0 Å². The molecule has 3 aromatic carbocycles. The Hall–Kier alpha value is -7.44. The quantitative estimate of drug-likeness (QED) is 0.0460. The number of primary amides is 1. The fourth-order valence-corrected chi connectivity index (χ4v) is 12.3. The number of hydrogen-bond acceptors (Lipinski definition) is 11. The predicted molar refractivity (Wildman–Crippen MR) is 277 cm³/mol. The highest BCUT2D eigenvalue weighted by atomic mass is 32.1. The summed E-state index contributed by atoms with van der Waals surface area (Å²) in [6, 6.07) is 12.5. The van der Waals surface area contributed by atoms with Crippen molar-refractivity contribution in [1.82, 2.24) is 35.6 Å². The summed E-state index contributed by atoms with van der Waals surface area (Å²) in [4.78, 5) is 117. The summed E-state index contributed by atoms with van der Waals surface area (Å²) in [5.74, 6) is -0.824. The molecule has 76 heavy (non-hydrogen) atoms. The minimum Gasteiger partial charge on any atom is -0.370 e. The van der Waals surface area contributed by atoms with Crippen LogP contribution >= 0.6 is 22.7 Å². The maximum atomic E-state index is 14.9. The summed E-state index contributed by atoms with van der Waals surface area (Å²) in [6.45, 7) is 1.03. The lowest BCUT2D eigenvalue weighted by molar-refractivity contribution is -0.145. The number of carbonyl (C=O) groups excluding carboxylic acids is 8. The zero-order valence-electron chi connectivity index (χ0n) is 41.5. The van der Waals surface area contributed by atoms with Crippen molar-refractivity contribution in [3.63, 3.8) is 0 Å². The molecular formula is C55H55F3N8O8S2. The number of piperidine rings is 1. The third-order valence-electron chi connectivity index (χ3n) is 14.3. The Balaban J connectivity index is 0.867. The van der Waals surface area contributed by atoms with Gasteiger partial charge < -0.3 is 31.1 Å². The first kappa shape index (κ1) is 53.4. The van der Waals surface area contributed by atoms with Crippen LogP contribution in [0, 0.1) is 17.7 Å². The number of amides is 8. The number of unbranched alkanes of at least 4 members (excludes halogenated alkanes) is 3. The number of nitrogens with one attached hydrogen (secondary N) is 3. The number of hydrogen-bond donors (Lipinski definition) is 4. The zero-order chi connectivity index (χ0) is 53.8. The number of imide groups is 1. The summed E-state index contributed by atoms with van der Waals surface area (Å²) < 4.78 is 42.8. The Morgan fingerprint density at radius 1 is 0.947 bits per heavy atom. The molecule has 2 aromatic heterocycles. The van der Waals surface area contributed by atoms with Crippen molar-refractivity contribution in [3.8, 4) is 22.3 Å². The molecule has 0 bridgehead atoms. The van der Waals surface area contributed by atoms with Crippen LogP contribution in [0.15, 0.2) is 72.9 Å². The molecule has 16 nitrogen and oxygen atoms in total. The molecule has 4 aliphatic rings. The zero-order valence-corrected chi connectivity index (χ0v) is 43.1. The molecule has 21 heteroatoms. The highest BCUT2D eigenvalue weighted by Gasteiger charge is 2.46. The number of halogens is 3. The van der Waals surface area contributed by atoms with Gasteiger partial charge in [0.1, 0.15) is 29.0 Å². The number of alkyl halides is 2. The molecule has 4 aliphatic heterocycles. The first-order valence-corrected chi connectivity index (χ1v) is 26.9. The van der Waals surface area contributed by atoms with Crippen molar-refractivity contribution in [2.45, 2.75) is 127 Å². The average molecular weight is 1080 g/mol. The maximum absolute atomic E-state index is 14.9. The van der Waals surface area contributed by atoms with E-state index in [-0.39, 0.29) is 86.3 Å². The van der Waals surface area contributed by atoms with E-state index in [1.807, 2.05) is 6.07 Å². The normalized spacial score (nSPS) is 20.0. The molecule has 396 valence electrons. The van der Waals surface area contributed by atoms with E-state index in [0.717, 1.165) is 23.8 Å². The van der Waals surface area contributed by atoms with E-state index >= 15 is 0 Å². The standard InChI is InChI=1S/C55H55F3N8O8S2/c1-55(57,58)34-14-21-43-33(26-34)27-44(75-43)51(72)62-40-30-64(48(69)11-6-4-2-3-5-8-31-9-7-10-37-38(31)29-65(53(37)73)41-20-23-47(68)63-49(41)70)25-24-36-17-19-42(66(36)54(40)74)50(71)61-39(18-22-46(59)67)52-60-28-45(76-52)32-12-15-35(56)16-13-32/h7,9-10,12-16,21,26-28,36,39-42H,2-4,6,11,17-20,22-25,29-30H2,1H3,(H2,59,67)(H,61,71)(H,62,72)(H,63,68,70)/t36-,39+,40+,41?,42+/m1/s1. The lowest BCUT2D eigenvalue weighted by Gasteiger charge is -2.39. The summed E-state index contributed by atoms with van der Waals surface area (Å²) in [5.41, 5.74) is 7.90. The van der Waals surface area contributed by atoms with Crippen LogP contribution in [0.4, 0.5) is 13.2 Å². The monoisotopic (exact) mass is 1080 g/mol. The van der Waals surface area contributed by atoms with Crippen LogP contribution in [-0.2, 0) is 41.2 Å². The molecule has 5 aromatic rings. The SMILES string of the molecule is CC(F)(F)c1ccc2sc(C(=O)N[C@H]3CN(C(=O)CCCCCC#Cc4cccc5c4CN(C4CCC(=O)NC4=O)C5=O)CC[C@H]4CC[C@@H](C(=O)N[C@@H](CCC(N)=O)c5ncc(-c6ccc(F)cc6)s5)N4C3=O)cc2c1. The van der Waals surface area contributed by atoms with Gasteiger partial charge in [-0.2, -0.15) is 0 Å². The fraction of sp³-hybridized carbons (Fsp3) is 0.400.